The van der Waals surface area contributed by atoms with E-state index in [-0.39, 0.29) is 18.2 Å². The van der Waals surface area contributed by atoms with E-state index in [1.54, 1.807) is 36.4 Å². The zero-order valence-corrected chi connectivity index (χ0v) is 21.7. The number of benzene rings is 3. The zero-order valence-electron chi connectivity index (χ0n) is 20.9. The molecule has 0 aliphatic carbocycles. The van der Waals surface area contributed by atoms with Crippen molar-refractivity contribution in [3.8, 4) is 5.75 Å². The van der Waals surface area contributed by atoms with Crippen molar-refractivity contribution in [1.29, 1.82) is 0 Å². The second-order valence-corrected chi connectivity index (χ2v) is 11.6. The minimum atomic E-state index is -3.73. The third kappa shape index (κ3) is 6.32. The maximum absolute atomic E-state index is 13.4. The van der Waals surface area contributed by atoms with Crippen molar-refractivity contribution in [3.63, 3.8) is 0 Å². The van der Waals surface area contributed by atoms with Crippen LogP contribution in [0.25, 0.3) is 0 Å². The molecule has 3 aromatic carbocycles. The van der Waals surface area contributed by atoms with Crippen LogP contribution in [-0.2, 0) is 33.7 Å². The van der Waals surface area contributed by atoms with E-state index < -0.39 is 16.1 Å². The molecule has 1 saturated heterocycles. The van der Waals surface area contributed by atoms with Gasteiger partial charge < -0.3 is 10.1 Å². The molecule has 1 atom stereocenters. The van der Waals surface area contributed by atoms with E-state index in [9.17, 15) is 13.2 Å². The summed E-state index contributed by atoms with van der Waals surface area (Å²) in [5.74, 6) is -0.106. The SMILES string of the molecule is O=C(NCc1cccc(CN2CCCCC2)c1)[C@H]1CN(S(=O)(=O)Cc2ccccc2)c2ccccc2O1. The summed E-state index contributed by atoms with van der Waals surface area (Å²) in [7, 11) is -3.73. The summed E-state index contributed by atoms with van der Waals surface area (Å²) in [6.07, 6.45) is 2.86. The topological polar surface area (TPSA) is 79.0 Å². The standard InChI is InChI=1S/C29H33N3O4S/c33-29(30-19-24-12-9-13-25(18-24)20-31-16-7-2-8-17-31)28-21-32(26-14-5-6-15-27(26)36-28)37(34,35)22-23-10-3-1-4-11-23/h1,3-6,9-15,18,28H,2,7-8,16-17,19-22H2,(H,30,33)/t28-/m1/s1. The molecular weight excluding hydrogens is 486 g/mol. The van der Waals surface area contributed by atoms with Crippen LogP contribution in [0.4, 0.5) is 5.69 Å². The maximum atomic E-state index is 13.4. The number of rotatable bonds is 8. The van der Waals surface area contributed by atoms with Crippen molar-refractivity contribution in [2.75, 3.05) is 23.9 Å². The van der Waals surface area contributed by atoms with Gasteiger partial charge in [-0.2, -0.15) is 0 Å². The molecule has 8 heteroatoms. The fourth-order valence-electron chi connectivity index (χ4n) is 4.98. The Morgan fingerprint density at radius 3 is 2.38 bits per heavy atom. The summed E-state index contributed by atoms with van der Waals surface area (Å²) < 4.78 is 34.1. The summed E-state index contributed by atoms with van der Waals surface area (Å²) >= 11 is 0. The van der Waals surface area contributed by atoms with Crippen LogP contribution in [0, 0.1) is 0 Å². The molecule has 0 radical (unpaired) electrons. The van der Waals surface area contributed by atoms with Gasteiger partial charge in [-0.3, -0.25) is 14.0 Å². The van der Waals surface area contributed by atoms with E-state index in [2.05, 4.69) is 22.3 Å². The molecule has 5 rings (SSSR count). The molecule has 1 N–H and O–H groups in total. The van der Waals surface area contributed by atoms with Crippen LogP contribution in [-0.4, -0.2) is 45.0 Å². The normalized spacial score (nSPS) is 18.1. The van der Waals surface area contributed by atoms with E-state index in [1.807, 2.05) is 30.3 Å². The number of nitrogens with zero attached hydrogens (tertiary/aromatic N) is 2. The Bertz CT molecular complexity index is 1320. The van der Waals surface area contributed by atoms with Crippen LogP contribution in [0.15, 0.2) is 78.9 Å². The maximum Gasteiger partial charge on any atom is 0.263 e. The van der Waals surface area contributed by atoms with Crippen molar-refractivity contribution in [1.82, 2.24) is 10.2 Å². The molecule has 0 saturated carbocycles. The van der Waals surface area contributed by atoms with Crippen molar-refractivity contribution < 1.29 is 17.9 Å². The monoisotopic (exact) mass is 519 g/mol. The third-order valence-electron chi connectivity index (χ3n) is 6.87. The van der Waals surface area contributed by atoms with E-state index in [4.69, 9.17) is 4.74 Å². The number of para-hydroxylation sites is 2. The van der Waals surface area contributed by atoms with Crippen LogP contribution in [0.2, 0.25) is 0 Å². The molecule has 3 aromatic rings. The quantitative estimate of drug-likeness (QED) is 0.485. The predicted octanol–water partition coefficient (Wildman–Crippen LogP) is 4.09. The minimum Gasteiger partial charge on any atom is -0.476 e. The van der Waals surface area contributed by atoms with Crippen LogP contribution in [0.5, 0.6) is 5.75 Å². The Balaban J connectivity index is 1.26. The highest BCUT2D eigenvalue weighted by Crippen LogP contribution is 2.35. The van der Waals surface area contributed by atoms with E-state index in [0.29, 0.717) is 23.5 Å². The Labute approximate surface area is 219 Å². The molecule has 0 spiro atoms. The number of piperidine rings is 1. The van der Waals surface area contributed by atoms with Crippen molar-refractivity contribution in [2.45, 2.75) is 44.2 Å². The highest BCUT2D eigenvalue weighted by atomic mass is 32.2. The summed E-state index contributed by atoms with van der Waals surface area (Å²) in [5, 5.41) is 2.95. The zero-order chi connectivity index (χ0) is 25.7. The Kier molecular flexibility index (Phi) is 7.76. The first-order valence-corrected chi connectivity index (χ1v) is 14.5. The number of hydrogen-bond acceptors (Lipinski definition) is 5. The Hall–Kier alpha value is -3.36. The molecule has 7 nitrogen and oxygen atoms in total. The molecule has 1 amide bonds. The van der Waals surface area contributed by atoms with Gasteiger partial charge in [-0.1, -0.05) is 73.2 Å². The van der Waals surface area contributed by atoms with Gasteiger partial charge in [0.25, 0.3) is 5.91 Å². The lowest BCUT2D eigenvalue weighted by Crippen LogP contribution is -2.50. The van der Waals surface area contributed by atoms with Crippen LogP contribution < -0.4 is 14.4 Å². The number of amides is 1. The fraction of sp³-hybridized carbons (Fsp3) is 0.345. The predicted molar refractivity (Wildman–Crippen MR) is 145 cm³/mol. The number of ether oxygens (including phenoxy) is 1. The molecule has 1 fully saturated rings. The molecule has 194 valence electrons. The van der Waals surface area contributed by atoms with Crippen molar-refractivity contribution in [3.05, 3.63) is 95.6 Å². The highest BCUT2D eigenvalue weighted by molar-refractivity contribution is 7.92. The van der Waals surface area contributed by atoms with E-state index in [0.717, 1.165) is 25.2 Å². The average Bonchev–Trinajstić information content (AvgIpc) is 2.92. The fourth-order valence-corrected chi connectivity index (χ4v) is 6.56. The number of carbonyl (C=O) groups excluding carboxylic acids is 1. The largest absolute Gasteiger partial charge is 0.476 e. The Morgan fingerprint density at radius 2 is 1.57 bits per heavy atom. The molecule has 0 bridgehead atoms. The first-order valence-electron chi connectivity index (χ1n) is 12.9. The number of sulfonamides is 1. The molecule has 2 aliphatic rings. The second kappa shape index (κ2) is 11.4. The summed E-state index contributed by atoms with van der Waals surface area (Å²) in [6.45, 7) is 3.45. The first kappa shape index (κ1) is 25.3. The van der Waals surface area contributed by atoms with Gasteiger partial charge in [-0.25, -0.2) is 8.42 Å². The summed E-state index contributed by atoms with van der Waals surface area (Å²) in [6, 6.07) is 24.3. The number of fused-ring (bicyclic) bond motifs is 1. The molecular formula is C29H33N3O4S. The summed E-state index contributed by atoms with van der Waals surface area (Å²) in [4.78, 5) is 15.6. The number of carbonyl (C=O) groups is 1. The van der Waals surface area contributed by atoms with Gasteiger partial charge in [0.15, 0.2) is 6.10 Å². The van der Waals surface area contributed by atoms with Gasteiger partial charge in [0, 0.05) is 13.1 Å². The molecule has 2 aliphatic heterocycles. The van der Waals surface area contributed by atoms with Gasteiger partial charge in [0.1, 0.15) is 5.75 Å². The molecule has 0 aromatic heterocycles. The third-order valence-corrected chi connectivity index (χ3v) is 8.58. The van der Waals surface area contributed by atoms with Gasteiger partial charge in [-0.05, 0) is 54.8 Å². The smallest absolute Gasteiger partial charge is 0.263 e. The van der Waals surface area contributed by atoms with Gasteiger partial charge in [0.2, 0.25) is 10.0 Å². The van der Waals surface area contributed by atoms with Crippen molar-refractivity contribution >= 4 is 21.6 Å². The number of likely N-dealkylation sites (tertiary alicyclic amines) is 1. The first-order chi connectivity index (χ1) is 18.0. The van der Waals surface area contributed by atoms with E-state index in [1.165, 1.54) is 29.1 Å². The van der Waals surface area contributed by atoms with Gasteiger partial charge in [-0.15, -0.1) is 0 Å². The van der Waals surface area contributed by atoms with E-state index >= 15 is 0 Å². The lowest BCUT2D eigenvalue weighted by atomic mass is 10.1. The van der Waals surface area contributed by atoms with Crippen LogP contribution in [0.3, 0.4) is 0 Å². The second-order valence-electron chi connectivity index (χ2n) is 9.72. The lowest BCUT2D eigenvalue weighted by molar-refractivity contribution is -0.127. The van der Waals surface area contributed by atoms with Crippen LogP contribution >= 0.6 is 0 Å². The number of anilines is 1. The number of nitrogens with one attached hydrogen (secondary N) is 1. The Morgan fingerprint density at radius 1 is 0.865 bits per heavy atom. The van der Waals surface area contributed by atoms with Crippen LogP contribution in [0.1, 0.15) is 36.0 Å². The van der Waals surface area contributed by atoms with Crippen molar-refractivity contribution in [2.24, 2.45) is 0 Å². The molecule has 2 heterocycles. The summed E-state index contributed by atoms with van der Waals surface area (Å²) in [5.41, 5.74) is 3.38. The number of hydrogen-bond donors (Lipinski definition) is 1. The lowest BCUT2D eigenvalue weighted by Gasteiger charge is -2.34. The molecule has 0 unspecified atom stereocenters. The van der Waals surface area contributed by atoms with Gasteiger partial charge in [0.05, 0.1) is 18.0 Å². The average molecular weight is 520 g/mol. The van der Waals surface area contributed by atoms with Gasteiger partial charge >= 0.3 is 0 Å². The highest BCUT2D eigenvalue weighted by Gasteiger charge is 2.36. The molecule has 37 heavy (non-hydrogen) atoms. The minimum absolute atomic E-state index is 0.0764.